The molecule has 13 aromatic rings. The number of nitrogens with zero attached hydrogens (tertiary/aromatic N) is 2. The lowest BCUT2D eigenvalue weighted by Crippen LogP contribution is -2.33. The molecule has 0 bridgehead atoms. The predicted octanol–water partition coefficient (Wildman–Crippen LogP) is 17.8. The number of para-hydroxylation sites is 6. The highest BCUT2D eigenvalue weighted by atomic mass is 16.3. The van der Waals surface area contributed by atoms with E-state index >= 15 is 0 Å². The third-order valence-corrected chi connectivity index (χ3v) is 15.2. The van der Waals surface area contributed by atoms with Gasteiger partial charge in [-0.2, -0.15) is 0 Å². The Morgan fingerprint density at radius 2 is 0.943 bits per heavy atom. The summed E-state index contributed by atoms with van der Waals surface area (Å²) in [7, 11) is 0. The second-order valence-electron chi connectivity index (χ2n) is 18.7. The molecule has 3 nitrogen and oxygen atoms in total. The van der Waals surface area contributed by atoms with Crippen molar-refractivity contribution in [3.8, 4) is 50.2 Å². The van der Waals surface area contributed by atoms with Crippen LogP contribution in [-0.4, -0.2) is 4.57 Å². The van der Waals surface area contributed by atoms with Crippen molar-refractivity contribution in [3.05, 3.63) is 277 Å². The SMILES string of the molecule is c1ccc(-c2ccc(-c3ccccc3N(c3cccc(-c4cccc5c4oc4ccccc45)c3)c3ccc4c(c3)C3(c5ccccc5-4)c4ccccc4-n4c5ccccc5c5cccc3c54)cc2)cc1. The van der Waals surface area contributed by atoms with Crippen molar-refractivity contribution >= 4 is 60.8 Å². The predicted molar refractivity (Wildman–Crippen MR) is 290 cm³/mol. The normalized spacial score (nSPS) is 14.3. The maximum atomic E-state index is 6.65. The van der Waals surface area contributed by atoms with Crippen LogP contribution >= 0.6 is 0 Å². The van der Waals surface area contributed by atoms with Crippen LogP contribution in [0.5, 0.6) is 0 Å². The highest BCUT2D eigenvalue weighted by Gasteiger charge is 2.51. The zero-order chi connectivity index (χ0) is 45.9. The first-order valence-corrected chi connectivity index (χ1v) is 24.2. The molecule has 15 rings (SSSR count). The van der Waals surface area contributed by atoms with Gasteiger partial charge in [-0.05, 0) is 104 Å². The molecule has 1 aliphatic heterocycles. The molecule has 0 amide bonds. The van der Waals surface area contributed by atoms with Crippen LogP contribution in [-0.2, 0) is 5.41 Å². The largest absolute Gasteiger partial charge is 0.455 e. The molecule has 2 aromatic heterocycles. The zero-order valence-corrected chi connectivity index (χ0v) is 38.1. The van der Waals surface area contributed by atoms with Crippen LogP contribution in [0.15, 0.2) is 259 Å². The third-order valence-electron chi connectivity index (χ3n) is 15.2. The first-order chi connectivity index (χ1) is 34.7. The Bertz CT molecular complexity index is 4250. The molecule has 1 spiro atoms. The Morgan fingerprint density at radius 1 is 0.343 bits per heavy atom. The quantitative estimate of drug-likeness (QED) is 0.166. The minimum Gasteiger partial charge on any atom is -0.455 e. The fourth-order valence-corrected chi connectivity index (χ4v) is 12.3. The highest BCUT2D eigenvalue weighted by molar-refractivity contribution is 6.13. The van der Waals surface area contributed by atoms with Gasteiger partial charge >= 0.3 is 0 Å². The number of benzene rings is 11. The van der Waals surface area contributed by atoms with Gasteiger partial charge in [0.15, 0.2) is 0 Å². The molecule has 2 aliphatic rings. The van der Waals surface area contributed by atoms with Crippen LogP contribution in [0.1, 0.15) is 22.3 Å². The summed E-state index contributed by atoms with van der Waals surface area (Å²) in [5, 5.41) is 4.78. The molecule has 3 heteroatoms. The van der Waals surface area contributed by atoms with Gasteiger partial charge in [-0.3, -0.25) is 0 Å². The van der Waals surface area contributed by atoms with Crippen LogP contribution in [0.25, 0.3) is 93.9 Å². The van der Waals surface area contributed by atoms with Gasteiger partial charge in [0, 0.05) is 44.0 Å². The molecule has 0 saturated carbocycles. The van der Waals surface area contributed by atoms with Crippen molar-refractivity contribution in [1.29, 1.82) is 0 Å². The van der Waals surface area contributed by atoms with E-state index in [1.165, 1.54) is 72.0 Å². The Labute approximate surface area is 405 Å². The van der Waals surface area contributed by atoms with E-state index in [1.54, 1.807) is 0 Å². The number of fused-ring (bicyclic) bond motifs is 15. The first kappa shape index (κ1) is 38.9. The molecule has 0 fully saturated rings. The van der Waals surface area contributed by atoms with E-state index in [0.29, 0.717) is 0 Å². The van der Waals surface area contributed by atoms with E-state index in [4.69, 9.17) is 4.42 Å². The average molecular weight is 891 g/mol. The van der Waals surface area contributed by atoms with Crippen LogP contribution in [0.4, 0.5) is 17.1 Å². The molecule has 0 radical (unpaired) electrons. The Morgan fingerprint density at radius 3 is 1.84 bits per heavy atom. The lowest BCUT2D eigenvalue weighted by molar-refractivity contribution is 0.670. The lowest BCUT2D eigenvalue weighted by Gasteiger charge is -2.40. The van der Waals surface area contributed by atoms with Crippen LogP contribution in [0.3, 0.4) is 0 Å². The lowest BCUT2D eigenvalue weighted by atomic mass is 9.65. The van der Waals surface area contributed by atoms with Gasteiger partial charge in [-0.15, -0.1) is 0 Å². The molecule has 1 atom stereocenters. The summed E-state index contributed by atoms with van der Waals surface area (Å²) in [5.74, 6) is 0. The molecule has 70 heavy (non-hydrogen) atoms. The fraction of sp³-hybridized carbons (Fsp3) is 0.0149. The van der Waals surface area contributed by atoms with E-state index in [0.717, 1.165) is 61.3 Å². The van der Waals surface area contributed by atoms with Gasteiger partial charge in [0.05, 0.1) is 27.8 Å². The Hall–Kier alpha value is -9.18. The fourth-order valence-electron chi connectivity index (χ4n) is 12.3. The number of rotatable bonds is 6. The minimum absolute atomic E-state index is 0.598. The van der Waals surface area contributed by atoms with E-state index in [1.807, 2.05) is 6.07 Å². The van der Waals surface area contributed by atoms with Gasteiger partial charge in [0.25, 0.3) is 0 Å². The van der Waals surface area contributed by atoms with Crippen LogP contribution in [0, 0.1) is 0 Å². The molecule has 3 heterocycles. The standard InChI is InChI=1S/C67H42N2O/c1-2-17-43(18-3-1)44-35-37-45(38-36-44)49-21-5-10-31-61(49)68(47-20-14-19-46(41-47)50-25-15-27-56-54-24-7-13-34-64(54)70-66(50)56)48-39-40-52-51-22-4-8-28-57(51)67(60(52)42-48)58-29-9-12-33-63(58)69-62-32-11-6-23-53(62)55-26-16-30-59(67)65(55)69/h1-42H. The number of hydrogen-bond donors (Lipinski definition) is 0. The van der Waals surface area contributed by atoms with Gasteiger partial charge in [-0.25, -0.2) is 0 Å². The summed E-state index contributed by atoms with van der Waals surface area (Å²) in [5.41, 5.74) is 22.6. The van der Waals surface area contributed by atoms with Crippen molar-refractivity contribution in [3.63, 3.8) is 0 Å². The van der Waals surface area contributed by atoms with E-state index in [2.05, 4.69) is 258 Å². The Kier molecular flexibility index (Phi) is 8.28. The van der Waals surface area contributed by atoms with E-state index in [9.17, 15) is 0 Å². The number of aromatic nitrogens is 1. The highest BCUT2D eigenvalue weighted by Crippen LogP contribution is 2.62. The topological polar surface area (TPSA) is 21.3 Å². The monoisotopic (exact) mass is 890 g/mol. The average Bonchev–Trinajstić information content (AvgIpc) is 4.08. The summed E-state index contributed by atoms with van der Waals surface area (Å²) >= 11 is 0. The smallest absolute Gasteiger partial charge is 0.143 e. The van der Waals surface area contributed by atoms with Crippen molar-refractivity contribution in [2.24, 2.45) is 0 Å². The van der Waals surface area contributed by atoms with Gasteiger partial charge in [0.1, 0.15) is 11.2 Å². The molecule has 1 aliphatic carbocycles. The number of anilines is 3. The summed E-state index contributed by atoms with van der Waals surface area (Å²) in [6.07, 6.45) is 0. The molecular weight excluding hydrogens is 849 g/mol. The molecule has 0 N–H and O–H groups in total. The van der Waals surface area contributed by atoms with Gasteiger partial charge in [0.2, 0.25) is 0 Å². The number of hydrogen-bond acceptors (Lipinski definition) is 2. The first-order valence-electron chi connectivity index (χ1n) is 24.2. The van der Waals surface area contributed by atoms with E-state index in [-0.39, 0.29) is 0 Å². The number of furan rings is 1. The van der Waals surface area contributed by atoms with Crippen molar-refractivity contribution in [1.82, 2.24) is 4.57 Å². The second kappa shape index (κ2) is 14.9. The molecule has 326 valence electrons. The van der Waals surface area contributed by atoms with Crippen LogP contribution < -0.4 is 4.90 Å². The van der Waals surface area contributed by atoms with Crippen molar-refractivity contribution < 1.29 is 4.42 Å². The zero-order valence-electron chi connectivity index (χ0n) is 38.1. The van der Waals surface area contributed by atoms with Gasteiger partial charge < -0.3 is 13.9 Å². The van der Waals surface area contributed by atoms with Crippen LogP contribution in [0.2, 0.25) is 0 Å². The molecule has 0 saturated heterocycles. The molecular formula is C67H42N2O. The summed E-state index contributed by atoms with van der Waals surface area (Å²) < 4.78 is 9.17. The maximum Gasteiger partial charge on any atom is 0.143 e. The summed E-state index contributed by atoms with van der Waals surface area (Å²) in [6.45, 7) is 0. The Balaban J connectivity index is 0.992. The third kappa shape index (κ3) is 5.40. The maximum absolute atomic E-state index is 6.65. The van der Waals surface area contributed by atoms with E-state index < -0.39 is 5.41 Å². The van der Waals surface area contributed by atoms with Gasteiger partial charge in [-0.1, -0.05) is 206 Å². The molecule has 11 aromatic carbocycles. The second-order valence-corrected chi connectivity index (χ2v) is 18.7. The molecule has 1 unspecified atom stereocenters. The van der Waals surface area contributed by atoms with Crippen molar-refractivity contribution in [2.45, 2.75) is 5.41 Å². The summed E-state index contributed by atoms with van der Waals surface area (Å²) in [6, 6.07) is 93.7. The minimum atomic E-state index is -0.598. The summed E-state index contributed by atoms with van der Waals surface area (Å²) in [4.78, 5) is 2.48. The van der Waals surface area contributed by atoms with Crippen molar-refractivity contribution in [2.75, 3.05) is 4.90 Å².